The first kappa shape index (κ1) is 9.19. The highest BCUT2D eigenvalue weighted by molar-refractivity contribution is 6.13. The fourth-order valence-electron chi connectivity index (χ4n) is 1.24. The molecule has 0 aromatic rings. The molecule has 1 aliphatic heterocycles. The Morgan fingerprint density at radius 3 is 2.42 bits per heavy atom. The predicted octanol–water partition coefficient (Wildman–Crippen LogP) is -0.274. The van der Waals surface area contributed by atoms with E-state index in [0.29, 0.717) is 0 Å². The van der Waals surface area contributed by atoms with Gasteiger partial charge in [0.05, 0.1) is 6.61 Å². The number of Topliss-reactive ketones (excluding diaryl/α,β-unsaturated/α-hetero) is 1. The van der Waals surface area contributed by atoms with E-state index in [1.807, 2.05) is 0 Å². The highest BCUT2D eigenvalue weighted by Gasteiger charge is 2.47. The van der Waals surface area contributed by atoms with Gasteiger partial charge >= 0.3 is 0 Å². The van der Waals surface area contributed by atoms with E-state index >= 15 is 0 Å². The van der Waals surface area contributed by atoms with E-state index in [4.69, 9.17) is 4.74 Å². The summed E-state index contributed by atoms with van der Waals surface area (Å²) in [5, 5.41) is 2.58. The summed E-state index contributed by atoms with van der Waals surface area (Å²) in [5.41, 5.74) is -0.886. The van der Waals surface area contributed by atoms with Crippen molar-refractivity contribution in [2.75, 3.05) is 13.7 Å². The zero-order valence-corrected chi connectivity index (χ0v) is 7.51. The molecule has 0 aliphatic carbocycles. The summed E-state index contributed by atoms with van der Waals surface area (Å²) in [5.74, 6) is -0.302. The van der Waals surface area contributed by atoms with E-state index in [1.54, 1.807) is 13.8 Å². The number of hydrogen-bond acceptors (Lipinski definition) is 3. The number of methoxy groups -OCH3 is 1. The van der Waals surface area contributed by atoms with E-state index in [-0.39, 0.29) is 18.3 Å². The molecule has 1 rings (SSSR count). The summed E-state index contributed by atoms with van der Waals surface area (Å²) in [6.45, 7) is 3.51. The van der Waals surface area contributed by atoms with Crippen LogP contribution in [0.25, 0.3) is 0 Å². The minimum atomic E-state index is -0.886. The first-order valence-corrected chi connectivity index (χ1v) is 3.84. The fraction of sp³-hybridized carbons (Fsp3) is 0.750. The van der Waals surface area contributed by atoms with Crippen LogP contribution in [0.15, 0.2) is 0 Å². The third-order valence-electron chi connectivity index (χ3n) is 2.14. The number of ketones is 1. The van der Waals surface area contributed by atoms with Gasteiger partial charge in [-0.25, -0.2) is 0 Å². The van der Waals surface area contributed by atoms with E-state index in [0.717, 1.165) is 0 Å². The molecular formula is C8H13NO3. The van der Waals surface area contributed by atoms with Crippen LogP contribution in [0.5, 0.6) is 0 Å². The van der Waals surface area contributed by atoms with Gasteiger partial charge < -0.3 is 10.1 Å². The Kier molecular flexibility index (Phi) is 2.19. The van der Waals surface area contributed by atoms with Crippen LogP contribution in [0.4, 0.5) is 0 Å². The molecule has 12 heavy (non-hydrogen) atoms. The van der Waals surface area contributed by atoms with Gasteiger partial charge in [0.15, 0.2) is 5.78 Å². The Morgan fingerprint density at radius 2 is 2.08 bits per heavy atom. The highest BCUT2D eigenvalue weighted by atomic mass is 16.5. The number of nitrogens with one attached hydrogen (secondary N) is 1. The summed E-state index contributed by atoms with van der Waals surface area (Å²) in [7, 11) is 1.50. The van der Waals surface area contributed by atoms with Gasteiger partial charge in [0.1, 0.15) is 11.5 Å². The van der Waals surface area contributed by atoms with Crippen LogP contribution in [0.3, 0.4) is 0 Å². The standard InChI is InChI=1S/C8H13NO3/c1-8(2)6(10)5(4-12-3)9-7(8)11/h5H,4H2,1-3H3,(H,9,11). The minimum absolute atomic E-state index is 0.0886. The summed E-state index contributed by atoms with van der Waals surface area (Å²) >= 11 is 0. The van der Waals surface area contributed by atoms with E-state index < -0.39 is 11.5 Å². The summed E-state index contributed by atoms with van der Waals surface area (Å²) in [4.78, 5) is 22.7. The van der Waals surface area contributed by atoms with Crippen molar-refractivity contribution in [2.24, 2.45) is 5.41 Å². The van der Waals surface area contributed by atoms with E-state index in [1.165, 1.54) is 7.11 Å². The van der Waals surface area contributed by atoms with Crippen molar-refractivity contribution in [1.29, 1.82) is 0 Å². The Balaban J connectivity index is 2.76. The van der Waals surface area contributed by atoms with Crippen molar-refractivity contribution in [1.82, 2.24) is 5.32 Å². The summed E-state index contributed by atoms with van der Waals surface area (Å²) in [6, 6.07) is -0.461. The third-order valence-corrected chi connectivity index (χ3v) is 2.14. The van der Waals surface area contributed by atoms with Gasteiger partial charge in [-0.15, -0.1) is 0 Å². The lowest BCUT2D eigenvalue weighted by atomic mass is 9.88. The molecule has 1 heterocycles. The number of hydrogen-bond donors (Lipinski definition) is 1. The molecule has 0 saturated carbocycles. The van der Waals surface area contributed by atoms with Gasteiger partial charge in [-0.3, -0.25) is 9.59 Å². The Hall–Kier alpha value is -0.900. The average Bonchev–Trinajstić information content (AvgIpc) is 2.17. The van der Waals surface area contributed by atoms with Crippen LogP contribution in [0.2, 0.25) is 0 Å². The maximum Gasteiger partial charge on any atom is 0.233 e. The second kappa shape index (κ2) is 2.86. The molecule has 0 aromatic carbocycles. The van der Waals surface area contributed by atoms with E-state index in [2.05, 4.69) is 5.32 Å². The Morgan fingerprint density at radius 1 is 1.50 bits per heavy atom. The second-order valence-corrected chi connectivity index (χ2v) is 3.47. The van der Waals surface area contributed by atoms with Gasteiger partial charge in [-0.05, 0) is 13.8 Å². The zero-order valence-electron chi connectivity index (χ0n) is 7.51. The fourth-order valence-corrected chi connectivity index (χ4v) is 1.24. The van der Waals surface area contributed by atoms with Crippen LogP contribution in [-0.4, -0.2) is 31.4 Å². The molecule has 0 radical (unpaired) electrons. The number of rotatable bonds is 2. The lowest BCUT2D eigenvalue weighted by molar-refractivity contribution is -0.133. The Bertz CT molecular complexity index is 222. The molecule has 4 heteroatoms. The molecule has 1 amide bonds. The molecule has 68 valence electrons. The molecular weight excluding hydrogens is 158 g/mol. The lowest BCUT2D eigenvalue weighted by Crippen LogP contribution is -2.33. The molecule has 1 aliphatic rings. The largest absolute Gasteiger partial charge is 0.382 e. The highest BCUT2D eigenvalue weighted by Crippen LogP contribution is 2.24. The summed E-state index contributed by atoms with van der Waals surface area (Å²) < 4.78 is 4.80. The first-order chi connectivity index (χ1) is 5.50. The van der Waals surface area contributed by atoms with Gasteiger partial charge in [-0.1, -0.05) is 0 Å². The number of carbonyl (C=O) groups excluding carboxylic acids is 2. The average molecular weight is 171 g/mol. The van der Waals surface area contributed by atoms with Crippen LogP contribution in [0.1, 0.15) is 13.8 Å². The maximum absolute atomic E-state index is 11.5. The second-order valence-electron chi connectivity index (χ2n) is 3.47. The molecule has 1 unspecified atom stereocenters. The van der Waals surface area contributed by atoms with Gasteiger partial charge in [-0.2, -0.15) is 0 Å². The summed E-state index contributed by atoms with van der Waals surface area (Å²) in [6.07, 6.45) is 0. The van der Waals surface area contributed by atoms with Crippen molar-refractivity contribution in [3.8, 4) is 0 Å². The molecule has 1 fully saturated rings. The van der Waals surface area contributed by atoms with Gasteiger partial charge in [0, 0.05) is 7.11 Å². The molecule has 1 saturated heterocycles. The normalized spacial score (nSPS) is 27.4. The van der Waals surface area contributed by atoms with Crippen molar-refractivity contribution in [2.45, 2.75) is 19.9 Å². The van der Waals surface area contributed by atoms with Crippen LogP contribution < -0.4 is 5.32 Å². The van der Waals surface area contributed by atoms with Crippen LogP contribution >= 0.6 is 0 Å². The number of amides is 1. The lowest BCUT2D eigenvalue weighted by Gasteiger charge is -2.10. The minimum Gasteiger partial charge on any atom is -0.382 e. The van der Waals surface area contributed by atoms with Crippen molar-refractivity contribution < 1.29 is 14.3 Å². The topological polar surface area (TPSA) is 55.4 Å². The van der Waals surface area contributed by atoms with Crippen LogP contribution in [0, 0.1) is 5.41 Å². The molecule has 0 spiro atoms. The molecule has 1 N–H and O–H groups in total. The van der Waals surface area contributed by atoms with Crippen LogP contribution in [-0.2, 0) is 14.3 Å². The molecule has 1 atom stereocenters. The van der Waals surface area contributed by atoms with E-state index in [9.17, 15) is 9.59 Å². The number of carbonyl (C=O) groups is 2. The SMILES string of the molecule is COCC1NC(=O)C(C)(C)C1=O. The first-order valence-electron chi connectivity index (χ1n) is 3.84. The van der Waals surface area contributed by atoms with Crippen molar-refractivity contribution >= 4 is 11.7 Å². The van der Waals surface area contributed by atoms with Crippen molar-refractivity contribution in [3.05, 3.63) is 0 Å². The maximum atomic E-state index is 11.5. The Labute approximate surface area is 71.3 Å². The number of ether oxygens (including phenoxy) is 1. The monoisotopic (exact) mass is 171 g/mol. The smallest absolute Gasteiger partial charge is 0.233 e. The molecule has 0 aromatic heterocycles. The molecule has 4 nitrogen and oxygen atoms in total. The zero-order chi connectivity index (χ0) is 9.35. The third kappa shape index (κ3) is 1.22. The van der Waals surface area contributed by atoms with Gasteiger partial charge in [0.25, 0.3) is 0 Å². The molecule has 0 bridgehead atoms. The predicted molar refractivity (Wildman–Crippen MR) is 42.6 cm³/mol. The van der Waals surface area contributed by atoms with Crippen molar-refractivity contribution in [3.63, 3.8) is 0 Å². The van der Waals surface area contributed by atoms with Gasteiger partial charge in [0.2, 0.25) is 5.91 Å². The quantitative estimate of drug-likeness (QED) is 0.582.